The standard InChI is InChI=1S/C19H26ClN2/c20-18-9-7-16(8-10-18)19-6-4-2-1-3-5-17(19)15-22-13-11-21-12-14-22/h7-10H,1-6,11-15H2/b19-17-. The quantitative estimate of drug-likeness (QED) is 0.809. The van der Waals surface area contributed by atoms with Crippen molar-refractivity contribution in [3.63, 3.8) is 0 Å². The fourth-order valence-corrected chi connectivity index (χ4v) is 3.70. The van der Waals surface area contributed by atoms with Crippen LogP contribution < -0.4 is 5.32 Å². The zero-order chi connectivity index (χ0) is 15.2. The third-order valence-electron chi connectivity index (χ3n) is 4.84. The molecule has 2 aliphatic rings. The molecule has 0 bridgehead atoms. The van der Waals surface area contributed by atoms with Gasteiger partial charge in [-0.3, -0.25) is 4.90 Å². The lowest BCUT2D eigenvalue weighted by atomic mass is 9.89. The van der Waals surface area contributed by atoms with E-state index < -0.39 is 0 Å². The summed E-state index contributed by atoms with van der Waals surface area (Å²) in [5, 5.41) is 5.30. The summed E-state index contributed by atoms with van der Waals surface area (Å²) in [6.07, 6.45) is 7.88. The molecule has 0 N–H and O–H groups in total. The molecule has 1 aromatic rings. The molecule has 1 saturated heterocycles. The molecule has 1 radical (unpaired) electrons. The molecule has 119 valence electrons. The van der Waals surface area contributed by atoms with Gasteiger partial charge in [0, 0.05) is 37.7 Å². The Labute approximate surface area is 139 Å². The monoisotopic (exact) mass is 317 g/mol. The summed E-state index contributed by atoms with van der Waals surface area (Å²) in [5.74, 6) is 0. The first-order valence-electron chi connectivity index (χ1n) is 8.65. The van der Waals surface area contributed by atoms with E-state index in [4.69, 9.17) is 11.6 Å². The molecule has 1 aromatic carbocycles. The minimum atomic E-state index is 0.828. The predicted molar refractivity (Wildman–Crippen MR) is 94.4 cm³/mol. The van der Waals surface area contributed by atoms with Crippen LogP contribution in [0, 0.1) is 0 Å². The van der Waals surface area contributed by atoms with Crippen LogP contribution in [0.5, 0.6) is 0 Å². The van der Waals surface area contributed by atoms with E-state index >= 15 is 0 Å². The predicted octanol–water partition coefficient (Wildman–Crippen LogP) is 4.37. The third kappa shape index (κ3) is 4.34. The van der Waals surface area contributed by atoms with Crippen molar-refractivity contribution < 1.29 is 0 Å². The highest BCUT2D eigenvalue weighted by Gasteiger charge is 2.17. The lowest BCUT2D eigenvalue weighted by Gasteiger charge is -2.29. The fraction of sp³-hybridized carbons (Fsp3) is 0.579. The first-order valence-corrected chi connectivity index (χ1v) is 9.03. The van der Waals surface area contributed by atoms with Gasteiger partial charge in [0.05, 0.1) is 0 Å². The topological polar surface area (TPSA) is 17.3 Å². The molecule has 3 rings (SSSR count). The molecule has 0 spiro atoms. The van der Waals surface area contributed by atoms with Crippen molar-refractivity contribution in [2.75, 3.05) is 32.7 Å². The van der Waals surface area contributed by atoms with Crippen molar-refractivity contribution in [1.29, 1.82) is 0 Å². The number of benzene rings is 1. The van der Waals surface area contributed by atoms with Crippen molar-refractivity contribution in [2.24, 2.45) is 0 Å². The maximum atomic E-state index is 6.07. The SMILES string of the molecule is Clc1ccc(/C2=C(\CN3CC[N]CC3)CCCCCC2)cc1. The van der Waals surface area contributed by atoms with E-state index in [1.165, 1.54) is 44.1 Å². The first kappa shape index (κ1) is 16.0. The minimum Gasteiger partial charge on any atom is -0.297 e. The third-order valence-corrected chi connectivity index (χ3v) is 5.09. The van der Waals surface area contributed by atoms with Crippen LogP contribution in [0.2, 0.25) is 5.02 Å². The molecule has 0 saturated carbocycles. The largest absolute Gasteiger partial charge is 0.297 e. The van der Waals surface area contributed by atoms with Crippen LogP contribution in [0.1, 0.15) is 44.1 Å². The first-order chi connectivity index (χ1) is 10.8. The van der Waals surface area contributed by atoms with Crippen LogP contribution in [0.15, 0.2) is 29.8 Å². The number of hydrogen-bond acceptors (Lipinski definition) is 1. The maximum absolute atomic E-state index is 6.07. The second-order valence-electron chi connectivity index (χ2n) is 6.45. The van der Waals surface area contributed by atoms with Crippen LogP contribution >= 0.6 is 11.6 Å². The van der Waals surface area contributed by atoms with Gasteiger partial charge in [0.2, 0.25) is 0 Å². The summed E-state index contributed by atoms with van der Waals surface area (Å²) in [4.78, 5) is 2.58. The molecule has 1 aliphatic carbocycles. The minimum absolute atomic E-state index is 0.828. The van der Waals surface area contributed by atoms with Crippen LogP contribution in [0.25, 0.3) is 5.57 Å². The molecule has 2 nitrogen and oxygen atoms in total. The molecular formula is C19H26ClN2. The Morgan fingerprint density at radius 1 is 0.909 bits per heavy atom. The Bertz CT molecular complexity index is 501. The lowest BCUT2D eigenvalue weighted by molar-refractivity contribution is 0.254. The zero-order valence-electron chi connectivity index (χ0n) is 13.4. The zero-order valence-corrected chi connectivity index (χ0v) is 14.1. The summed E-state index contributed by atoms with van der Waals surface area (Å²) in [5.41, 5.74) is 4.62. The highest BCUT2D eigenvalue weighted by molar-refractivity contribution is 6.30. The number of hydrogen-bond donors (Lipinski definition) is 0. The van der Waals surface area contributed by atoms with E-state index in [1.807, 2.05) is 12.1 Å². The van der Waals surface area contributed by atoms with Gasteiger partial charge in [-0.25, -0.2) is 5.32 Å². The van der Waals surface area contributed by atoms with Crippen LogP contribution in [-0.2, 0) is 0 Å². The van der Waals surface area contributed by atoms with Crippen LogP contribution in [-0.4, -0.2) is 37.6 Å². The van der Waals surface area contributed by atoms with Gasteiger partial charge >= 0.3 is 0 Å². The summed E-state index contributed by atoms with van der Waals surface area (Å²) in [6, 6.07) is 8.45. The smallest absolute Gasteiger partial charge is 0.0406 e. The second kappa shape index (κ2) is 8.14. The van der Waals surface area contributed by atoms with Gasteiger partial charge in [-0.05, 0) is 49.0 Å². The molecule has 1 fully saturated rings. The summed E-state index contributed by atoms with van der Waals surface area (Å²) >= 11 is 6.07. The van der Waals surface area contributed by atoms with E-state index in [-0.39, 0.29) is 0 Å². The highest BCUT2D eigenvalue weighted by atomic mass is 35.5. The van der Waals surface area contributed by atoms with E-state index in [9.17, 15) is 0 Å². The Balaban J connectivity index is 1.85. The van der Waals surface area contributed by atoms with Gasteiger partial charge in [0.1, 0.15) is 0 Å². The van der Waals surface area contributed by atoms with Gasteiger partial charge in [0.15, 0.2) is 0 Å². The highest BCUT2D eigenvalue weighted by Crippen LogP contribution is 2.31. The van der Waals surface area contributed by atoms with E-state index in [0.29, 0.717) is 0 Å². The molecule has 3 heteroatoms. The van der Waals surface area contributed by atoms with Gasteiger partial charge in [-0.15, -0.1) is 0 Å². The number of halogens is 1. The molecular weight excluding hydrogens is 292 g/mol. The van der Waals surface area contributed by atoms with Gasteiger partial charge < -0.3 is 0 Å². The van der Waals surface area contributed by atoms with Crippen LogP contribution in [0.4, 0.5) is 0 Å². The summed E-state index contributed by atoms with van der Waals surface area (Å²) < 4.78 is 0. The number of piperazine rings is 1. The van der Waals surface area contributed by atoms with Gasteiger partial charge in [-0.1, -0.05) is 42.1 Å². The molecule has 1 heterocycles. The molecule has 0 aromatic heterocycles. The van der Waals surface area contributed by atoms with E-state index in [0.717, 1.165) is 37.7 Å². The average Bonchev–Trinajstić information content (AvgIpc) is 2.53. The number of allylic oxidation sites excluding steroid dienone is 1. The van der Waals surface area contributed by atoms with Crippen molar-refractivity contribution in [3.8, 4) is 0 Å². The molecule has 22 heavy (non-hydrogen) atoms. The Hall–Kier alpha value is -0.830. The molecule has 0 amide bonds. The Morgan fingerprint density at radius 2 is 1.59 bits per heavy atom. The van der Waals surface area contributed by atoms with Crippen molar-refractivity contribution in [2.45, 2.75) is 38.5 Å². The fourth-order valence-electron chi connectivity index (χ4n) is 3.57. The van der Waals surface area contributed by atoms with Crippen molar-refractivity contribution in [1.82, 2.24) is 10.2 Å². The van der Waals surface area contributed by atoms with Gasteiger partial charge in [-0.2, -0.15) is 0 Å². The van der Waals surface area contributed by atoms with Crippen molar-refractivity contribution >= 4 is 17.2 Å². The van der Waals surface area contributed by atoms with Crippen LogP contribution in [0.3, 0.4) is 0 Å². The molecule has 1 aliphatic heterocycles. The second-order valence-corrected chi connectivity index (χ2v) is 6.89. The normalized spacial score (nSPS) is 24.8. The van der Waals surface area contributed by atoms with E-state index in [1.54, 1.807) is 11.1 Å². The Morgan fingerprint density at radius 3 is 2.32 bits per heavy atom. The number of rotatable bonds is 3. The Kier molecular flexibility index (Phi) is 5.94. The molecule has 0 atom stereocenters. The number of nitrogens with zero attached hydrogens (tertiary/aromatic N) is 2. The maximum Gasteiger partial charge on any atom is 0.0406 e. The summed E-state index contributed by atoms with van der Waals surface area (Å²) in [6.45, 7) is 5.38. The summed E-state index contributed by atoms with van der Waals surface area (Å²) in [7, 11) is 0. The lowest BCUT2D eigenvalue weighted by Crippen LogP contribution is -2.41. The van der Waals surface area contributed by atoms with Crippen molar-refractivity contribution in [3.05, 3.63) is 40.4 Å². The average molecular weight is 318 g/mol. The van der Waals surface area contributed by atoms with E-state index in [2.05, 4.69) is 22.3 Å². The van der Waals surface area contributed by atoms with Gasteiger partial charge in [0.25, 0.3) is 0 Å². The molecule has 0 unspecified atom stereocenters.